The smallest absolute Gasteiger partial charge is 0.307 e. The third-order valence-electron chi connectivity index (χ3n) is 7.70. The molecule has 9 nitrogen and oxygen atoms in total. The number of rotatable bonds is 10. The summed E-state index contributed by atoms with van der Waals surface area (Å²) in [5, 5.41) is 7.84. The number of nitrogens with zero attached hydrogens (tertiary/aromatic N) is 3. The second kappa shape index (κ2) is 13.0. The number of amides is 2. The van der Waals surface area contributed by atoms with E-state index in [2.05, 4.69) is 46.4 Å². The van der Waals surface area contributed by atoms with Gasteiger partial charge in [-0.2, -0.15) is 5.10 Å². The average Bonchev–Trinajstić information content (AvgIpc) is 3.74. The number of hydrazone groups is 1. The van der Waals surface area contributed by atoms with Crippen molar-refractivity contribution in [3.05, 3.63) is 137 Å². The third-order valence-corrected chi connectivity index (χ3v) is 7.70. The zero-order chi connectivity index (χ0) is 32.2. The van der Waals surface area contributed by atoms with Gasteiger partial charge < -0.3 is 23.6 Å². The largest absolute Gasteiger partial charge is 0.486 e. The molecule has 2 amide bonds. The van der Waals surface area contributed by atoms with Gasteiger partial charge in [-0.1, -0.05) is 18.2 Å². The first-order valence-electron chi connectivity index (χ1n) is 14.7. The van der Waals surface area contributed by atoms with Crippen LogP contribution in [0.1, 0.15) is 39.0 Å². The first kappa shape index (κ1) is 30.1. The molecule has 0 aliphatic carbocycles. The predicted octanol–water partition coefficient (Wildman–Crippen LogP) is 7.07. The number of ether oxygens (including phenoxy) is 1. The summed E-state index contributed by atoms with van der Waals surface area (Å²) in [6.07, 6.45) is 1.55. The molecule has 0 unspecified atom stereocenters. The van der Waals surface area contributed by atoms with Gasteiger partial charge >= 0.3 is 5.91 Å². The Kier molecular flexibility index (Phi) is 8.51. The van der Waals surface area contributed by atoms with Crippen LogP contribution in [0.3, 0.4) is 0 Å². The summed E-state index contributed by atoms with van der Waals surface area (Å²) in [6.45, 7) is 6.21. The van der Waals surface area contributed by atoms with Crippen LogP contribution in [0.5, 0.6) is 5.75 Å². The lowest BCUT2D eigenvalue weighted by molar-refractivity contribution is -0.116. The Labute approximate surface area is 264 Å². The van der Waals surface area contributed by atoms with Crippen LogP contribution in [0.25, 0.3) is 16.6 Å². The minimum atomic E-state index is -0.510. The zero-order valence-electron chi connectivity index (χ0n) is 25.6. The summed E-state index contributed by atoms with van der Waals surface area (Å²) in [4.78, 5) is 25.6. The molecule has 6 rings (SSSR count). The number of aromatic nitrogens is 2. The van der Waals surface area contributed by atoms with E-state index < -0.39 is 5.91 Å². The van der Waals surface area contributed by atoms with Crippen molar-refractivity contribution in [2.45, 2.75) is 33.9 Å². The summed E-state index contributed by atoms with van der Waals surface area (Å²) < 4.78 is 28.8. The quantitative estimate of drug-likeness (QED) is 0.127. The minimum absolute atomic E-state index is 0.0395. The van der Waals surface area contributed by atoms with Crippen molar-refractivity contribution >= 4 is 34.6 Å². The van der Waals surface area contributed by atoms with E-state index in [0.29, 0.717) is 17.2 Å². The number of para-hydroxylation sites is 1. The molecule has 3 aromatic heterocycles. The lowest BCUT2D eigenvalue weighted by atomic mass is 10.1. The summed E-state index contributed by atoms with van der Waals surface area (Å²) in [5.41, 5.74) is 8.77. The van der Waals surface area contributed by atoms with Crippen molar-refractivity contribution in [2.24, 2.45) is 5.10 Å². The normalized spacial score (nSPS) is 11.3. The molecule has 0 saturated heterocycles. The van der Waals surface area contributed by atoms with Crippen molar-refractivity contribution in [1.82, 2.24) is 14.6 Å². The molecule has 0 aliphatic rings. The Morgan fingerprint density at radius 1 is 0.891 bits per heavy atom. The second-order valence-corrected chi connectivity index (χ2v) is 10.9. The summed E-state index contributed by atoms with van der Waals surface area (Å²) >= 11 is 0. The Balaban J connectivity index is 1.07. The molecular formula is C36H32FN5O4. The maximum atomic E-state index is 13.2. The highest BCUT2D eigenvalue weighted by Gasteiger charge is 2.16. The molecule has 232 valence electrons. The molecule has 0 saturated carbocycles. The molecule has 6 aromatic rings. The fourth-order valence-corrected chi connectivity index (χ4v) is 5.41. The number of fused-ring (bicyclic) bond motifs is 1. The van der Waals surface area contributed by atoms with Crippen molar-refractivity contribution in [3.8, 4) is 11.4 Å². The fraction of sp³-hybridized carbons (Fsp3) is 0.139. The molecule has 0 fully saturated rings. The molecule has 0 atom stereocenters. The van der Waals surface area contributed by atoms with Crippen LogP contribution in [0.2, 0.25) is 0 Å². The van der Waals surface area contributed by atoms with Gasteiger partial charge in [0.1, 0.15) is 30.5 Å². The zero-order valence-corrected chi connectivity index (χ0v) is 25.6. The number of furan rings is 1. The summed E-state index contributed by atoms with van der Waals surface area (Å²) in [6, 6.07) is 28.4. The second-order valence-electron chi connectivity index (χ2n) is 10.9. The highest BCUT2D eigenvalue weighted by molar-refractivity contribution is 6.02. The first-order chi connectivity index (χ1) is 22.3. The molecule has 0 radical (unpaired) electrons. The molecule has 3 aromatic carbocycles. The Morgan fingerprint density at radius 2 is 1.61 bits per heavy atom. The van der Waals surface area contributed by atoms with E-state index in [1.165, 1.54) is 24.3 Å². The predicted molar refractivity (Wildman–Crippen MR) is 175 cm³/mol. The van der Waals surface area contributed by atoms with Crippen molar-refractivity contribution < 1.29 is 23.1 Å². The lowest BCUT2D eigenvalue weighted by Gasteiger charge is -2.10. The van der Waals surface area contributed by atoms with Crippen LogP contribution in [0, 0.1) is 26.6 Å². The van der Waals surface area contributed by atoms with E-state index in [9.17, 15) is 14.0 Å². The SMILES string of the molecule is Cc1ccc(C)n1-c1ccc(OCc2ccc(C(=O)N/N=C/c3c(C)n(CC(=O)Nc4ccc(F)cc4)c4ccccc34)o2)cc1. The van der Waals surface area contributed by atoms with E-state index in [1.54, 1.807) is 18.3 Å². The summed E-state index contributed by atoms with van der Waals surface area (Å²) in [7, 11) is 0. The van der Waals surface area contributed by atoms with Gasteiger partial charge in [0.15, 0.2) is 5.76 Å². The highest BCUT2D eigenvalue weighted by Crippen LogP contribution is 2.25. The number of anilines is 1. The average molecular weight is 618 g/mol. The first-order valence-corrected chi connectivity index (χ1v) is 14.7. The molecule has 0 bridgehead atoms. The number of hydrogen-bond donors (Lipinski definition) is 2. The number of aryl methyl sites for hydroxylation is 2. The van der Waals surface area contributed by atoms with E-state index >= 15 is 0 Å². The number of carbonyl (C=O) groups is 2. The van der Waals surface area contributed by atoms with Crippen LogP contribution in [-0.4, -0.2) is 27.2 Å². The molecule has 3 heterocycles. The molecule has 2 N–H and O–H groups in total. The van der Waals surface area contributed by atoms with Crippen LogP contribution in [0.4, 0.5) is 10.1 Å². The number of nitrogens with one attached hydrogen (secondary N) is 2. The van der Waals surface area contributed by atoms with Gasteiger partial charge in [-0.05, 0) is 99.6 Å². The van der Waals surface area contributed by atoms with Gasteiger partial charge in [-0.3, -0.25) is 9.59 Å². The Bertz CT molecular complexity index is 2030. The molecule has 0 aliphatic heterocycles. The van der Waals surface area contributed by atoms with Crippen molar-refractivity contribution in [2.75, 3.05) is 5.32 Å². The monoisotopic (exact) mass is 617 g/mol. The van der Waals surface area contributed by atoms with Crippen LogP contribution in [-0.2, 0) is 17.9 Å². The van der Waals surface area contributed by atoms with Gasteiger partial charge in [0, 0.05) is 44.9 Å². The van der Waals surface area contributed by atoms with Gasteiger partial charge in [-0.15, -0.1) is 0 Å². The lowest BCUT2D eigenvalue weighted by Crippen LogP contribution is -2.19. The molecular weight excluding hydrogens is 585 g/mol. The van der Waals surface area contributed by atoms with Gasteiger partial charge in [0.25, 0.3) is 0 Å². The number of hydrogen-bond acceptors (Lipinski definition) is 5. The third kappa shape index (κ3) is 6.46. The molecule has 10 heteroatoms. The van der Waals surface area contributed by atoms with Crippen molar-refractivity contribution in [1.29, 1.82) is 0 Å². The standard InChI is InChI=1S/C36H32FN5O4/c1-23-8-9-24(2)42(23)28-14-16-29(17-15-28)45-22-30-18-19-34(46-30)36(44)40-38-20-32-25(3)41(33-7-5-4-6-31(32)33)21-35(43)39-27-12-10-26(37)11-13-27/h4-20H,21-22H2,1-3H3,(H,39,43)(H,40,44)/b38-20+. The van der Waals surface area contributed by atoms with Gasteiger partial charge in [0.2, 0.25) is 5.91 Å². The van der Waals surface area contributed by atoms with Crippen LogP contribution >= 0.6 is 0 Å². The topological polar surface area (TPSA) is 103 Å². The molecule has 46 heavy (non-hydrogen) atoms. The number of carbonyl (C=O) groups excluding carboxylic acids is 2. The maximum absolute atomic E-state index is 13.2. The van der Waals surface area contributed by atoms with Gasteiger partial charge in [0.05, 0.1) is 6.21 Å². The van der Waals surface area contributed by atoms with Gasteiger partial charge in [-0.25, -0.2) is 9.82 Å². The van der Waals surface area contributed by atoms with E-state index in [1.807, 2.05) is 60.0 Å². The van der Waals surface area contributed by atoms with Crippen molar-refractivity contribution in [3.63, 3.8) is 0 Å². The Hall–Kier alpha value is -5.90. The van der Waals surface area contributed by atoms with Crippen LogP contribution in [0.15, 0.2) is 107 Å². The van der Waals surface area contributed by atoms with Crippen LogP contribution < -0.4 is 15.5 Å². The van der Waals surface area contributed by atoms with E-state index in [0.717, 1.165) is 39.2 Å². The number of benzene rings is 3. The number of halogens is 1. The molecule has 0 spiro atoms. The fourth-order valence-electron chi connectivity index (χ4n) is 5.41. The minimum Gasteiger partial charge on any atom is -0.486 e. The van der Waals surface area contributed by atoms with E-state index in [-0.39, 0.29) is 30.6 Å². The highest BCUT2D eigenvalue weighted by atomic mass is 19.1. The van der Waals surface area contributed by atoms with E-state index in [4.69, 9.17) is 9.15 Å². The Morgan fingerprint density at radius 3 is 2.35 bits per heavy atom. The maximum Gasteiger partial charge on any atom is 0.307 e. The summed E-state index contributed by atoms with van der Waals surface area (Å²) in [5.74, 6) is 0.127.